The topological polar surface area (TPSA) is 73.2 Å². The van der Waals surface area contributed by atoms with Crippen molar-refractivity contribution in [3.63, 3.8) is 0 Å². The molecule has 0 aliphatic heterocycles. The third-order valence-corrected chi connectivity index (χ3v) is 2.89. The smallest absolute Gasteiger partial charge is 0.244 e. The van der Waals surface area contributed by atoms with Gasteiger partial charge >= 0.3 is 0 Å². The molecule has 0 heterocycles. The summed E-state index contributed by atoms with van der Waals surface area (Å²) in [6.07, 6.45) is 0. The maximum atomic E-state index is 11.9. The molecule has 1 N–H and O–H groups in total. The van der Waals surface area contributed by atoms with Gasteiger partial charge in [-0.15, -0.1) is 0 Å². The Morgan fingerprint density at radius 2 is 1.72 bits per heavy atom. The van der Waals surface area contributed by atoms with Crippen molar-refractivity contribution in [1.29, 1.82) is 5.26 Å². The van der Waals surface area contributed by atoms with Crippen LogP contribution in [0.4, 0.5) is 0 Å². The number of carbonyl (C=O) groups excluding carboxylic acids is 2. The number of nitrogens with one attached hydrogen (secondary N) is 1. The first kappa shape index (κ1) is 16.4. The minimum absolute atomic E-state index is 0.0641. The summed E-state index contributed by atoms with van der Waals surface area (Å²) in [5, 5.41) is 11.5. The second kappa shape index (κ2) is 7.70. The molecular formula is C13H23N3O2. The first-order chi connectivity index (χ1) is 8.38. The normalized spacial score (nSPS) is 13.6. The highest BCUT2D eigenvalue weighted by Crippen LogP contribution is 2.10. The van der Waals surface area contributed by atoms with Crippen molar-refractivity contribution in [3.05, 3.63) is 0 Å². The van der Waals surface area contributed by atoms with Crippen LogP contribution in [-0.2, 0) is 9.59 Å². The molecule has 18 heavy (non-hydrogen) atoms. The average molecular weight is 253 g/mol. The van der Waals surface area contributed by atoms with Crippen LogP contribution in [0.25, 0.3) is 0 Å². The Labute approximate surface area is 109 Å². The molecule has 0 spiro atoms. The number of hydrogen-bond acceptors (Lipinski definition) is 3. The fourth-order valence-corrected chi connectivity index (χ4v) is 1.68. The lowest BCUT2D eigenvalue weighted by molar-refractivity contribution is -0.136. The van der Waals surface area contributed by atoms with Crippen LogP contribution < -0.4 is 5.32 Å². The van der Waals surface area contributed by atoms with E-state index in [0.29, 0.717) is 13.1 Å². The molecule has 0 bridgehead atoms. The molecule has 0 saturated carbocycles. The van der Waals surface area contributed by atoms with Gasteiger partial charge in [0, 0.05) is 13.1 Å². The van der Waals surface area contributed by atoms with Gasteiger partial charge in [0.2, 0.25) is 11.8 Å². The van der Waals surface area contributed by atoms with Gasteiger partial charge in [0.15, 0.2) is 0 Å². The monoisotopic (exact) mass is 253 g/mol. The van der Waals surface area contributed by atoms with Gasteiger partial charge in [-0.05, 0) is 26.7 Å². The molecule has 2 atom stereocenters. The predicted molar refractivity (Wildman–Crippen MR) is 69.5 cm³/mol. The summed E-state index contributed by atoms with van der Waals surface area (Å²) in [6.45, 7) is 10.3. The van der Waals surface area contributed by atoms with Gasteiger partial charge in [0.25, 0.3) is 0 Å². The minimum atomic E-state index is -0.711. The van der Waals surface area contributed by atoms with Gasteiger partial charge in [0.1, 0.15) is 12.0 Å². The van der Waals surface area contributed by atoms with E-state index in [1.807, 2.05) is 33.8 Å². The largest absolute Gasteiger partial charge is 0.343 e. The van der Waals surface area contributed by atoms with E-state index in [1.165, 1.54) is 0 Å². The highest BCUT2D eigenvalue weighted by molar-refractivity contribution is 5.89. The molecule has 102 valence electrons. The number of nitriles is 1. The molecule has 0 fully saturated rings. The van der Waals surface area contributed by atoms with Crippen LogP contribution in [0, 0.1) is 23.2 Å². The number of likely N-dealkylation sites (N-methyl/N-ethyl adjacent to an activating group) is 1. The molecule has 0 aromatic heterocycles. The molecular weight excluding hydrogens is 230 g/mol. The van der Waals surface area contributed by atoms with E-state index in [2.05, 4.69) is 5.32 Å². The van der Waals surface area contributed by atoms with Crippen molar-refractivity contribution < 1.29 is 9.59 Å². The number of hydrogen-bond donors (Lipinski definition) is 1. The van der Waals surface area contributed by atoms with E-state index in [1.54, 1.807) is 11.8 Å². The van der Waals surface area contributed by atoms with E-state index in [-0.39, 0.29) is 17.7 Å². The lowest BCUT2D eigenvalue weighted by Crippen LogP contribution is -2.48. The molecule has 0 aromatic carbocycles. The molecule has 2 unspecified atom stereocenters. The number of carbonyl (C=O) groups is 2. The van der Waals surface area contributed by atoms with Crippen molar-refractivity contribution in [2.24, 2.45) is 11.8 Å². The van der Waals surface area contributed by atoms with Gasteiger partial charge in [-0.1, -0.05) is 13.8 Å². The highest BCUT2D eigenvalue weighted by Gasteiger charge is 2.26. The first-order valence-corrected chi connectivity index (χ1v) is 6.37. The van der Waals surface area contributed by atoms with E-state index in [4.69, 9.17) is 5.26 Å². The molecule has 5 nitrogen and oxygen atoms in total. The maximum absolute atomic E-state index is 11.9. The molecule has 2 amide bonds. The second-order valence-electron chi connectivity index (χ2n) is 4.59. The van der Waals surface area contributed by atoms with Crippen LogP contribution in [0.2, 0.25) is 0 Å². The van der Waals surface area contributed by atoms with Gasteiger partial charge in [-0.3, -0.25) is 9.59 Å². The van der Waals surface area contributed by atoms with Crippen LogP contribution in [0.5, 0.6) is 0 Å². The van der Waals surface area contributed by atoms with Crippen LogP contribution >= 0.6 is 0 Å². The summed E-state index contributed by atoms with van der Waals surface area (Å²) in [7, 11) is 0. The summed E-state index contributed by atoms with van der Waals surface area (Å²) >= 11 is 0. The molecule has 0 aliphatic carbocycles. The Hall–Kier alpha value is -1.57. The number of rotatable bonds is 6. The van der Waals surface area contributed by atoms with Gasteiger partial charge in [-0.2, -0.15) is 5.26 Å². The quantitative estimate of drug-likeness (QED) is 0.772. The van der Waals surface area contributed by atoms with E-state index >= 15 is 0 Å². The molecule has 0 radical (unpaired) electrons. The maximum Gasteiger partial charge on any atom is 0.244 e. The fourth-order valence-electron chi connectivity index (χ4n) is 1.68. The van der Waals surface area contributed by atoms with Crippen LogP contribution in [0.15, 0.2) is 0 Å². The standard InChI is InChI=1S/C13H23N3O2/c1-6-16(7-2)13(18)10(5)15-12(17)11(8-14)9(3)4/h9-11H,6-7H2,1-5H3,(H,15,17). The Morgan fingerprint density at radius 3 is 2.06 bits per heavy atom. The van der Waals surface area contributed by atoms with Crippen LogP contribution in [-0.4, -0.2) is 35.8 Å². The summed E-state index contributed by atoms with van der Waals surface area (Å²) in [5.74, 6) is -1.27. The zero-order chi connectivity index (χ0) is 14.3. The van der Waals surface area contributed by atoms with E-state index in [0.717, 1.165) is 0 Å². The van der Waals surface area contributed by atoms with Crippen LogP contribution in [0.1, 0.15) is 34.6 Å². The van der Waals surface area contributed by atoms with E-state index < -0.39 is 12.0 Å². The van der Waals surface area contributed by atoms with Crippen LogP contribution in [0.3, 0.4) is 0 Å². The summed E-state index contributed by atoms with van der Waals surface area (Å²) < 4.78 is 0. The summed E-state index contributed by atoms with van der Waals surface area (Å²) in [4.78, 5) is 25.4. The second-order valence-corrected chi connectivity index (χ2v) is 4.59. The van der Waals surface area contributed by atoms with Gasteiger partial charge in [0.05, 0.1) is 6.07 Å². The van der Waals surface area contributed by atoms with Crippen molar-refractivity contribution in [2.75, 3.05) is 13.1 Å². The Kier molecular flexibility index (Phi) is 7.03. The Morgan fingerprint density at radius 1 is 1.22 bits per heavy atom. The zero-order valence-corrected chi connectivity index (χ0v) is 11.9. The SMILES string of the molecule is CCN(CC)C(=O)C(C)NC(=O)C(C#N)C(C)C. The van der Waals surface area contributed by atoms with Gasteiger partial charge in [-0.25, -0.2) is 0 Å². The molecule has 0 rings (SSSR count). The van der Waals surface area contributed by atoms with Gasteiger partial charge < -0.3 is 10.2 Å². The first-order valence-electron chi connectivity index (χ1n) is 6.37. The number of amides is 2. The average Bonchev–Trinajstić information content (AvgIpc) is 2.30. The lowest BCUT2D eigenvalue weighted by atomic mass is 9.96. The summed E-state index contributed by atoms with van der Waals surface area (Å²) in [6, 6.07) is 1.38. The molecule has 5 heteroatoms. The molecule has 0 saturated heterocycles. The third kappa shape index (κ3) is 4.36. The Bertz CT molecular complexity index is 330. The van der Waals surface area contributed by atoms with Crippen molar-refractivity contribution in [1.82, 2.24) is 10.2 Å². The zero-order valence-electron chi connectivity index (χ0n) is 11.9. The van der Waals surface area contributed by atoms with E-state index in [9.17, 15) is 9.59 Å². The minimum Gasteiger partial charge on any atom is -0.343 e. The third-order valence-electron chi connectivity index (χ3n) is 2.89. The van der Waals surface area contributed by atoms with Crippen molar-refractivity contribution in [3.8, 4) is 6.07 Å². The fraction of sp³-hybridized carbons (Fsp3) is 0.769. The molecule has 0 aliphatic rings. The highest BCUT2D eigenvalue weighted by atomic mass is 16.2. The van der Waals surface area contributed by atoms with Crippen molar-refractivity contribution in [2.45, 2.75) is 40.7 Å². The summed E-state index contributed by atoms with van der Waals surface area (Å²) in [5.41, 5.74) is 0. The Balaban J connectivity index is 4.57. The molecule has 0 aromatic rings. The predicted octanol–water partition coefficient (Wildman–Crippen LogP) is 1.16. The van der Waals surface area contributed by atoms with Crippen molar-refractivity contribution >= 4 is 11.8 Å². The number of nitrogens with zero attached hydrogens (tertiary/aromatic N) is 2. The lowest BCUT2D eigenvalue weighted by Gasteiger charge is -2.24.